The lowest BCUT2D eigenvalue weighted by Gasteiger charge is -2.24. The Kier molecular flexibility index (Phi) is 5.48. The molecule has 208 valence electrons. The van der Waals surface area contributed by atoms with Gasteiger partial charge in [-0.25, -0.2) is 4.98 Å². The Balaban J connectivity index is 1.24. The van der Waals surface area contributed by atoms with Crippen molar-refractivity contribution in [2.45, 2.75) is 13.3 Å². The topological polar surface area (TPSA) is 27.1 Å². The summed E-state index contributed by atoms with van der Waals surface area (Å²) in [6.07, 6.45) is 0.833. The van der Waals surface area contributed by atoms with Crippen LogP contribution in [0.3, 0.4) is 0 Å². The van der Waals surface area contributed by atoms with Crippen LogP contribution in [-0.2, 0) is 6.42 Å². The van der Waals surface area contributed by atoms with Gasteiger partial charge in [0.1, 0.15) is 11.3 Å². The molecule has 0 amide bonds. The molecule has 3 nitrogen and oxygen atoms in total. The van der Waals surface area contributed by atoms with E-state index in [0.717, 1.165) is 51.6 Å². The number of hydrogen-bond donors (Lipinski definition) is 0. The fourth-order valence-corrected chi connectivity index (χ4v) is 7.06. The second kappa shape index (κ2) is 9.68. The normalized spacial score (nSPS) is 12.0. The third-order valence-corrected chi connectivity index (χ3v) is 8.95. The van der Waals surface area contributed by atoms with Crippen LogP contribution in [0.2, 0.25) is 0 Å². The SMILES string of the molecule is CCc1nc2cccc3c2n1-c1c(cccc1-c1ccc(-c2c4ccccc4c(-c4ccccc4)c4ccccc24)cc1)O3. The van der Waals surface area contributed by atoms with E-state index in [4.69, 9.17) is 9.72 Å². The van der Waals surface area contributed by atoms with Gasteiger partial charge in [0.2, 0.25) is 0 Å². The molecule has 0 spiro atoms. The molecule has 2 heterocycles. The quantitative estimate of drug-likeness (QED) is 0.199. The molecule has 0 unspecified atom stereocenters. The summed E-state index contributed by atoms with van der Waals surface area (Å²) in [4.78, 5) is 4.96. The second-order valence-corrected chi connectivity index (χ2v) is 11.4. The smallest absolute Gasteiger partial charge is 0.153 e. The van der Waals surface area contributed by atoms with Crippen molar-refractivity contribution in [1.82, 2.24) is 9.55 Å². The van der Waals surface area contributed by atoms with E-state index in [1.165, 1.54) is 43.8 Å². The van der Waals surface area contributed by atoms with Crippen LogP contribution in [0.25, 0.3) is 71.6 Å². The molecular weight excluding hydrogens is 536 g/mol. The Bertz CT molecular complexity index is 2330. The number of aromatic nitrogens is 2. The van der Waals surface area contributed by atoms with Gasteiger partial charge in [-0.2, -0.15) is 0 Å². The number of imidazole rings is 1. The van der Waals surface area contributed by atoms with Crippen LogP contribution in [0.1, 0.15) is 12.7 Å². The number of aryl methyl sites for hydroxylation is 1. The van der Waals surface area contributed by atoms with Gasteiger partial charge in [-0.3, -0.25) is 4.57 Å². The van der Waals surface area contributed by atoms with Crippen LogP contribution in [0.15, 0.2) is 140 Å². The largest absolute Gasteiger partial charge is 0.453 e. The Hall–Kier alpha value is -5.67. The fourth-order valence-electron chi connectivity index (χ4n) is 7.06. The summed E-state index contributed by atoms with van der Waals surface area (Å²) in [5, 5.41) is 5.04. The highest BCUT2D eigenvalue weighted by atomic mass is 16.5. The maximum absolute atomic E-state index is 6.45. The first-order valence-electron chi connectivity index (χ1n) is 15.2. The molecule has 0 N–H and O–H groups in total. The standard InChI is InChI=1S/C41H28N2O/c1-2-37-42-34-19-11-21-36-41(34)43(37)40-29(18-10-20-35(40)44-36)26-22-24-28(25-23-26)39-32-16-8-6-14-30(32)38(27-12-4-3-5-13-27)31-15-7-9-17-33(31)39/h3-25H,2H2,1H3. The molecular formula is C41H28N2O. The van der Waals surface area contributed by atoms with Gasteiger partial charge >= 0.3 is 0 Å². The third-order valence-electron chi connectivity index (χ3n) is 8.95. The van der Waals surface area contributed by atoms with Crippen molar-refractivity contribution in [3.8, 4) is 50.6 Å². The zero-order chi connectivity index (χ0) is 29.2. The van der Waals surface area contributed by atoms with Crippen molar-refractivity contribution in [2.24, 2.45) is 0 Å². The average molecular weight is 565 g/mol. The second-order valence-electron chi connectivity index (χ2n) is 11.4. The van der Waals surface area contributed by atoms with E-state index in [-0.39, 0.29) is 0 Å². The molecule has 0 saturated heterocycles. The summed E-state index contributed by atoms with van der Waals surface area (Å²) >= 11 is 0. The number of ether oxygens (including phenoxy) is 1. The molecule has 1 aliphatic heterocycles. The molecule has 0 atom stereocenters. The fraction of sp³-hybridized carbons (Fsp3) is 0.0488. The van der Waals surface area contributed by atoms with E-state index in [1.54, 1.807) is 0 Å². The highest BCUT2D eigenvalue weighted by Crippen LogP contribution is 2.47. The van der Waals surface area contributed by atoms with Crippen molar-refractivity contribution in [3.05, 3.63) is 145 Å². The number of hydrogen-bond acceptors (Lipinski definition) is 2. The highest BCUT2D eigenvalue weighted by Gasteiger charge is 2.26. The molecule has 44 heavy (non-hydrogen) atoms. The first-order valence-corrected chi connectivity index (χ1v) is 15.2. The molecule has 1 aromatic heterocycles. The van der Waals surface area contributed by atoms with E-state index in [1.807, 2.05) is 12.1 Å². The summed E-state index contributed by atoms with van der Waals surface area (Å²) in [6.45, 7) is 2.16. The van der Waals surface area contributed by atoms with Gasteiger partial charge in [0.15, 0.2) is 11.5 Å². The minimum absolute atomic E-state index is 0.833. The molecule has 7 aromatic carbocycles. The van der Waals surface area contributed by atoms with Crippen molar-refractivity contribution in [1.29, 1.82) is 0 Å². The van der Waals surface area contributed by atoms with E-state index in [0.29, 0.717) is 0 Å². The van der Waals surface area contributed by atoms with Crippen LogP contribution in [-0.4, -0.2) is 9.55 Å². The lowest BCUT2D eigenvalue weighted by atomic mass is 9.85. The summed E-state index contributed by atoms with van der Waals surface area (Å²) in [5.41, 5.74) is 10.3. The monoisotopic (exact) mass is 564 g/mol. The number of para-hydroxylation sites is 2. The van der Waals surface area contributed by atoms with Crippen molar-refractivity contribution in [3.63, 3.8) is 0 Å². The van der Waals surface area contributed by atoms with E-state index < -0.39 is 0 Å². The first kappa shape index (κ1) is 24.9. The van der Waals surface area contributed by atoms with Crippen molar-refractivity contribution in [2.75, 3.05) is 0 Å². The van der Waals surface area contributed by atoms with E-state index >= 15 is 0 Å². The molecule has 0 bridgehead atoms. The van der Waals surface area contributed by atoms with Gasteiger partial charge in [-0.1, -0.05) is 128 Å². The van der Waals surface area contributed by atoms with Crippen LogP contribution >= 0.6 is 0 Å². The summed E-state index contributed by atoms with van der Waals surface area (Å²) in [5.74, 6) is 2.75. The lowest BCUT2D eigenvalue weighted by Crippen LogP contribution is -2.08. The number of nitrogens with zero attached hydrogens (tertiary/aromatic N) is 2. The zero-order valence-electron chi connectivity index (χ0n) is 24.3. The number of rotatable bonds is 4. The van der Waals surface area contributed by atoms with Crippen LogP contribution < -0.4 is 4.74 Å². The zero-order valence-corrected chi connectivity index (χ0v) is 24.3. The van der Waals surface area contributed by atoms with E-state index in [2.05, 4.69) is 139 Å². The minimum atomic E-state index is 0.833. The first-order chi connectivity index (χ1) is 21.8. The van der Waals surface area contributed by atoms with Crippen LogP contribution in [0.4, 0.5) is 0 Å². The Morgan fingerprint density at radius 2 is 1.07 bits per heavy atom. The molecule has 1 aliphatic rings. The van der Waals surface area contributed by atoms with Crippen molar-refractivity contribution < 1.29 is 4.74 Å². The predicted molar refractivity (Wildman–Crippen MR) is 182 cm³/mol. The summed E-state index contributed by atoms with van der Waals surface area (Å²) in [6, 6.07) is 49.9. The summed E-state index contributed by atoms with van der Waals surface area (Å²) in [7, 11) is 0. The van der Waals surface area contributed by atoms with Crippen LogP contribution in [0.5, 0.6) is 11.5 Å². The van der Waals surface area contributed by atoms with Crippen molar-refractivity contribution >= 4 is 32.6 Å². The maximum atomic E-state index is 6.45. The Labute approximate surface area is 255 Å². The van der Waals surface area contributed by atoms with Gasteiger partial charge in [-0.05, 0) is 67.6 Å². The predicted octanol–water partition coefficient (Wildman–Crippen LogP) is 11.0. The Morgan fingerprint density at radius 1 is 0.523 bits per heavy atom. The van der Waals surface area contributed by atoms with Gasteiger partial charge in [-0.15, -0.1) is 0 Å². The minimum Gasteiger partial charge on any atom is -0.453 e. The highest BCUT2D eigenvalue weighted by molar-refractivity contribution is 6.21. The molecule has 0 aliphatic carbocycles. The average Bonchev–Trinajstić information content (AvgIpc) is 3.47. The molecule has 0 radical (unpaired) electrons. The molecule has 9 rings (SSSR count). The van der Waals surface area contributed by atoms with Gasteiger partial charge in [0.25, 0.3) is 0 Å². The Morgan fingerprint density at radius 3 is 1.70 bits per heavy atom. The van der Waals surface area contributed by atoms with Gasteiger partial charge in [0.05, 0.1) is 11.2 Å². The van der Waals surface area contributed by atoms with Gasteiger partial charge < -0.3 is 4.74 Å². The molecule has 3 heteroatoms. The van der Waals surface area contributed by atoms with Crippen LogP contribution in [0, 0.1) is 0 Å². The summed E-state index contributed by atoms with van der Waals surface area (Å²) < 4.78 is 8.75. The number of fused-ring (bicyclic) bond motifs is 4. The molecule has 0 fully saturated rings. The van der Waals surface area contributed by atoms with E-state index in [9.17, 15) is 0 Å². The lowest BCUT2D eigenvalue weighted by molar-refractivity contribution is 0.474. The molecule has 8 aromatic rings. The van der Waals surface area contributed by atoms with Gasteiger partial charge in [0, 0.05) is 12.0 Å². The molecule has 0 saturated carbocycles. The number of benzene rings is 7. The maximum Gasteiger partial charge on any atom is 0.153 e. The third kappa shape index (κ3) is 3.59.